The van der Waals surface area contributed by atoms with E-state index in [1.165, 1.54) is 27.9 Å². The van der Waals surface area contributed by atoms with Gasteiger partial charge in [-0.1, -0.05) is 121 Å². The number of hydrogen-bond acceptors (Lipinski definition) is 2. The summed E-state index contributed by atoms with van der Waals surface area (Å²) in [5, 5.41) is 2.90. The van der Waals surface area contributed by atoms with Crippen molar-refractivity contribution in [3.05, 3.63) is 132 Å². The van der Waals surface area contributed by atoms with Crippen LogP contribution < -0.4 is 10.6 Å². The van der Waals surface area contributed by atoms with E-state index in [4.69, 9.17) is 9.47 Å². The highest BCUT2D eigenvalue weighted by atomic mass is 31.1. The summed E-state index contributed by atoms with van der Waals surface area (Å²) in [6, 6.07) is 43.0. The molecule has 0 spiro atoms. The number of hydrogen-bond donors (Lipinski definition) is 0. The molecule has 4 aromatic carbocycles. The second kappa shape index (κ2) is 12.3. The van der Waals surface area contributed by atoms with E-state index in [0.29, 0.717) is 31.0 Å². The van der Waals surface area contributed by atoms with Crippen molar-refractivity contribution in [1.82, 2.24) is 0 Å². The lowest BCUT2D eigenvalue weighted by molar-refractivity contribution is 0.0840. The lowest BCUT2D eigenvalue weighted by Crippen LogP contribution is -2.15. The third kappa shape index (κ3) is 6.67. The van der Waals surface area contributed by atoms with Crippen LogP contribution >= 0.6 is 7.92 Å². The van der Waals surface area contributed by atoms with Gasteiger partial charge >= 0.3 is 0 Å². The van der Waals surface area contributed by atoms with Crippen LogP contribution in [-0.4, -0.2) is 19.4 Å². The van der Waals surface area contributed by atoms with Crippen molar-refractivity contribution in [3.63, 3.8) is 0 Å². The molecule has 1 aliphatic rings. The molecule has 0 N–H and O–H groups in total. The minimum atomic E-state index is -0.410. The van der Waals surface area contributed by atoms with Gasteiger partial charge in [0, 0.05) is 0 Å². The average molecular weight is 481 g/mol. The molecule has 4 aromatic rings. The molecule has 3 heteroatoms. The second-order valence-electron chi connectivity index (χ2n) is 9.27. The maximum absolute atomic E-state index is 6.21. The highest BCUT2D eigenvalue weighted by molar-refractivity contribution is 7.73. The molecular formula is C32H33O2P. The predicted molar refractivity (Wildman–Crippen MR) is 147 cm³/mol. The SMILES string of the molecule is c1ccc(COC[C@@H]2C(CP(c3ccccc3)c3ccccc3)[C@@H]2COCc2ccccc2)cc1. The fourth-order valence-corrected chi connectivity index (χ4v) is 7.60. The summed E-state index contributed by atoms with van der Waals surface area (Å²) in [5.41, 5.74) is 2.47. The molecule has 1 aliphatic carbocycles. The Morgan fingerprint density at radius 3 is 1.23 bits per heavy atom. The minimum Gasteiger partial charge on any atom is -0.376 e. The molecule has 0 aliphatic heterocycles. The highest BCUT2D eigenvalue weighted by Crippen LogP contribution is 2.53. The van der Waals surface area contributed by atoms with E-state index in [9.17, 15) is 0 Å². The van der Waals surface area contributed by atoms with E-state index in [0.717, 1.165) is 13.2 Å². The van der Waals surface area contributed by atoms with E-state index in [-0.39, 0.29) is 0 Å². The van der Waals surface area contributed by atoms with Gasteiger partial charge in [-0.2, -0.15) is 0 Å². The molecule has 0 aromatic heterocycles. The smallest absolute Gasteiger partial charge is 0.0717 e. The van der Waals surface area contributed by atoms with Gasteiger partial charge in [0.05, 0.1) is 26.4 Å². The molecule has 5 rings (SSSR count). The lowest BCUT2D eigenvalue weighted by Gasteiger charge is -2.19. The van der Waals surface area contributed by atoms with Crippen LogP contribution in [0.1, 0.15) is 11.1 Å². The zero-order valence-electron chi connectivity index (χ0n) is 20.1. The van der Waals surface area contributed by atoms with Crippen molar-refractivity contribution in [1.29, 1.82) is 0 Å². The fraction of sp³-hybridized carbons (Fsp3) is 0.250. The van der Waals surface area contributed by atoms with Gasteiger partial charge in [-0.05, 0) is 53.6 Å². The summed E-state index contributed by atoms with van der Waals surface area (Å²) in [6.45, 7) is 2.94. The summed E-state index contributed by atoms with van der Waals surface area (Å²) in [5.74, 6) is 1.71. The van der Waals surface area contributed by atoms with Crippen LogP contribution in [0.4, 0.5) is 0 Å². The summed E-state index contributed by atoms with van der Waals surface area (Å²) in [4.78, 5) is 0. The number of benzene rings is 4. The van der Waals surface area contributed by atoms with Crippen LogP contribution in [0.5, 0.6) is 0 Å². The first-order valence-electron chi connectivity index (χ1n) is 12.5. The van der Waals surface area contributed by atoms with E-state index >= 15 is 0 Å². The maximum atomic E-state index is 6.21. The molecule has 3 atom stereocenters. The fourth-order valence-electron chi connectivity index (χ4n) is 4.85. The molecule has 2 nitrogen and oxygen atoms in total. The van der Waals surface area contributed by atoms with Gasteiger partial charge in [-0.25, -0.2) is 0 Å². The third-order valence-corrected chi connectivity index (χ3v) is 9.51. The number of rotatable bonds is 12. The standard InChI is InChI=1S/C32H33O2P/c1-5-13-26(14-6-1)21-33-23-30-31(24-34-22-27-15-7-2-8-16-27)32(30)25-35(28-17-9-3-10-18-28)29-19-11-4-12-20-29/h1-20,30-32H,21-25H2/t30-,31+,32?. The van der Waals surface area contributed by atoms with Gasteiger partial charge < -0.3 is 9.47 Å². The minimum absolute atomic E-state index is 0.410. The van der Waals surface area contributed by atoms with Crippen molar-refractivity contribution < 1.29 is 9.47 Å². The van der Waals surface area contributed by atoms with Gasteiger partial charge in [-0.15, -0.1) is 0 Å². The molecule has 1 fully saturated rings. The largest absolute Gasteiger partial charge is 0.376 e. The van der Waals surface area contributed by atoms with Gasteiger partial charge in [0.15, 0.2) is 0 Å². The van der Waals surface area contributed by atoms with Gasteiger partial charge in [-0.3, -0.25) is 0 Å². The monoisotopic (exact) mass is 480 g/mol. The van der Waals surface area contributed by atoms with Gasteiger partial charge in [0.1, 0.15) is 0 Å². The molecule has 178 valence electrons. The molecular weight excluding hydrogens is 447 g/mol. The van der Waals surface area contributed by atoms with Crippen molar-refractivity contribution in [2.45, 2.75) is 13.2 Å². The second-order valence-corrected chi connectivity index (χ2v) is 11.5. The Balaban J connectivity index is 1.26. The van der Waals surface area contributed by atoms with Crippen molar-refractivity contribution >= 4 is 18.5 Å². The van der Waals surface area contributed by atoms with Crippen molar-refractivity contribution in [2.75, 3.05) is 19.4 Å². The van der Waals surface area contributed by atoms with E-state index in [1.54, 1.807) is 0 Å². The first-order chi connectivity index (χ1) is 17.4. The Kier molecular flexibility index (Phi) is 8.39. The van der Waals surface area contributed by atoms with Crippen LogP contribution in [-0.2, 0) is 22.7 Å². The quantitative estimate of drug-likeness (QED) is 0.218. The molecule has 0 heterocycles. The Morgan fingerprint density at radius 1 is 0.457 bits per heavy atom. The highest BCUT2D eigenvalue weighted by Gasteiger charge is 2.50. The molecule has 0 amide bonds. The molecule has 1 unspecified atom stereocenters. The van der Waals surface area contributed by atoms with Crippen LogP contribution in [0.2, 0.25) is 0 Å². The number of ether oxygens (including phenoxy) is 2. The van der Waals surface area contributed by atoms with Crippen LogP contribution in [0.25, 0.3) is 0 Å². The summed E-state index contributed by atoms with van der Waals surface area (Å²) in [7, 11) is -0.410. The maximum Gasteiger partial charge on any atom is 0.0717 e. The average Bonchev–Trinajstić information content (AvgIpc) is 3.59. The third-order valence-electron chi connectivity index (χ3n) is 6.88. The molecule has 35 heavy (non-hydrogen) atoms. The van der Waals surface area contributed by atoms with Gasteiger partial charge in [0.2, 0.25) is 0 Å². The van der Waals surface area contributed by atoms with E-state index < -0.39 is 7.92 Å². The topological polar surface area (TPSA) is 18.5 Å². The Hall–Kier alpha value is -2.77. The Morgan fingerprint density at radius 2 is 0.829 bits per heavy atom. The summed E-state index contributed by atoms with van der Waals surface area (Å²) >= 11 is 0. The molecule has 0 radical (unpaired) electrons. The van der Waals surface area contributed by atoms with Gasteiger partial charge in [0.25, 0.3) is 0 Å². The zero-order valence-corrected chi connectivity index (χ0v) is 21.0. The van der Waals surface area contributed by atoms with Crippen molar-refractivity contribution in [3.8, 4) is 0 Å². The van der Waals surface area contributed by atoms with Crippen LogP contribution in [0.3, 0.4) is 0 Å². The zero-order chi connectivity index (χ0) is 23.7. The normalized spacial score (nSPS) is 19.1. The predicted octanol–water partition coefficient (Wildman–Crippen LogP) is 6.42. The van der Waals surface area contributed by atoms with Crippen LogP contribution in [0.15, 0.2) is 121 Å². The van der Waals surface area contributed by atoms with E-state index in [2.05, 4.69) is 121 Å². The first-order valence-corrected chi connectivity index (χ1v) is 14.0. The van der Waals surface area contributed by atoms with Crippen molar-refractivity contribution in [2.24, 2.45) is 17.8 Å². The molecule has 0 saturated heterocycles. The van der Waals surface area contributed by atoms with E-state index in [1.807, 2.05) is 0 Å². The molecule has 1 saturated carbocycles. The Labute approximate surface area is 210 Å². The van der Waals surface area contributed by atoms with Crippen LogP contribution in [0, 0.1) is 17.8 Å². The Bertz CT molecular complexity index is 1040. The summed E-state index contributed by atoms with van der Waals surface area (Å²) < 4.78 is 12.4. The lowest BCUT2D eigenvalue weighted by atomic mass is 10.2. The first kappa shape index (κ1) is 23.9. The molecule has 0 bridgehead atoms. The summed E-state index contributed by atoms with van der Waals surface area (Å²) in [6.07, 6.45) is 1.18.